The summed E-state index contributed by atoms with van der Waals surface area (Å²) >= 11 is 7.48. The van der Waals surface area contributed by atoms with Crippen molar-refractivity contribution >= 4 is 23.4 Å². The van der Waals surface area contributed by atoms with Crippen LogP contribution in [0.3, 0.4) is 0 Å². The molecule has 0 unspecified atom stereocenters. The number of hydrogen-bond donors (Lipinski definition) is 0. The molecule has 0 radical (unpaired) electrons. The normalized spacial score (nSPS) is 10.5. The van der Waals surface area contributed by atoms with Gasteiger partial charge in [-0.3, -0.25) is 0 Å². The maximum absolute atomic E-state index is 5.99. The quantitative estimate of drug-likeness (QED) is 0.576. The Morgan fingerprint density at radius 2 is 2.15 bits per heavy atom. The summed E-state index contributed by atoms with van der Waals surface area (Å²) in [6, 6.07) is 0. The Balaban J connectivity index is 3.09. The number of methoxy groups -OCH3 is 1. The topological polar surface area (TPSA) is 35.0 Å². The van der Waals surface area contributed by atoms with Crippen LogP contribution in [0.2, 0.25) is 5.02 Å². The van der Waals surface area contributed by atoms with Crippen molar-refractivity contribution in [2.45, 2.75) is 18.7 Å². The van der Waals surface area contributed by atoms with Crippen LogP contribution >= 0.6 is 23.4 Å². The summed E-state index contributed by atoms with van der Waals surface area (Å²) in [4.78, 5) is 8.43. The Labute approximate surface area is 86.9 Å². The fourth-order valence-corrected chi connectivity index (χ4v) is 1.48. The molecule has 3 nitrogen and oxygen atoms in total. The lowest BCUT2D eigenvalue weighted by Gasteiger charge is -2.06. The molecule has 0 N–H and O–H groups in total. The van der Waals surface area contributed by atoms with Gasteiger partial charge in [0.05, 0.1) is 23.0 Å². The average Bonchev–Trinajstić information content (AvgIpc) is 2.13. The minimum Gasteiger partial charge on any atom is -0.378 e. The van der Waals surface area contributed by atoms with Gasteiger partial charge in [0.15, 0.2) is 5.16 Å². The van der Waals surface area contributed by atoms with Crippen molar-refractivity contribution in [1.29, 1.82) is 0 Å². The molecule has 1 aromatic heterocycles. The number of halogens is 1. The Morgan fingerprint density at radius 3 is 2.69 bits per heavy atom. The maximum Gasteiger partial charge on any atom is 0.187 e. The molecule has 0 atom stereocenters. The van der Waals surface area contributed by atoms with Crippen molar-refractivity contribution in [1.82, 2.24) is 9.97 Å². The number of nitrogens with zero attached hydrogens (tertiary/aromatic N) is 2. The molecule has 0 amide bonds. The fraction of sp³-hybridized carbons (Fsp3) is 0.500. The fourth-order valence-electron chi connectivity index (χ4n) is 0.915. The second-order valence-corrected chi connectivity index (χ2v) is 3.64. The summed E-state index contributed by atoms with van der Waals surface area (Å²) in [5.74, 6) is 0. The van der Waals surface area contributed by atoms with Gasteiger partial charge in [-0.25, -0.2) is 9.97 Å². The van der Waals surface area contributed by atoms with Crippen LogP contribution in [0.15, 0.2) is 5.16 Å². The molecule has 1 aromatic rings. The van der Waals surface area contributed by atoms with Gasteiger partial charge in [0.25, 0.3) is 0 Å². The van der Waals surface area contributed by atoms with E-state index in [0.29, 0.717) is 11.6 Å². The van der Waals surface area contributed by atoms with E-state index >= 15 is 0 Å². The predicted molar refractivity (Wildman–Crippen MR) is 54.3 cm³/mol. The van der Waals surface area contributed by atoms with Crippen molar-refractivity contribution in [3.63, 3.8) is 0 Å². The zero-order valence-electron chi connectivity index (χ0n) is 7.80. The number of ether oxygens (including phenoxy) is 1. The molecule has 0 bridgehead atoms. The Hall–Kier alpha value is -0.320. The lowest BCUT2D eigenvalue weighted by molar-refractivity contribution is 0.180. The molecule has 0 aromatic carbocycles. The van der Waals surface area contributed by atoms with Gasteiger partial charge < -0.3 is 4.74 Å². The molecule has 1 rings (SSSR count). The largest absolute Gasteiger partial charge is 0.378 e. The highest BCUT2D eigenvalue weighted by atomic mass is 35.5. The first-order valence-corrected chi connectivity index (χ1v) is 5.35. The second-order valence-electron chi connectivity index (χ2n) is 2.49. The van der Waals surface area contributed by atoms with E-state index < -0.39 is 0 Å². The summed E-state index contributed by atoms with van der Waals surface area (Å²) < 4.78 is 4.98. The Morgan fingerprint density at radius 1 is 1.46 bits per heavy atom. The Kier molecular flexibility index (Phi) is 3.96. The molecular weight excluding hydrogens is 208 g/mol. The minimum absolute atomic E-state index is 0.426. The summed E-state index contributed by atoms with van der Waals surface area (Å²) in [5.41, 5.74) is 1.55. The van der Waals surface area contributed by atoms with E-state index in [0.717, 1.165) is 16.5 Å². The SMILES string of the molecule is COCc1nc(SC)nc(C)c1Cl. The highest BCUT2D eigenvalue weighted by Crippen LogP contribution is 2.21. The molecule has 72 valence electrons. The summed E-state index contributed by atoms with van der Waals surface area (Å²) in [5, 5.41) is 1.33. The van der Waals surface area contributed by atoms with E-state index in [1.54, 1.807) is 7.11 Å². The van der Waals surface area contributed by atoms with Crippen LogP contribution in [-0.2, 0) is 11.3 Å². The van der Waals surface area contributed by atoms with Crippen molar-refractivity contribution in [2.75, 3.05) is 13.4 Å². The number of hydrogen-bond acceptors (Lipinski definition) is 4. The van der Waals surface area contributed by atoms with Gasteiger partial charge in [-0.2, -0.15) is 0 Å². The molecule has 0 aliphatic carbocycles. The van der Waals surface area contributed by atoms with Crippen molar-refractivity contribution in [2.24, 2.45) is 0 Å². The third-order valence-corrected chi connectivity index (χ3v) is 2.57. The van der Waals surface area contributed by atoms with E-state index in [2.05, 4.69) is 9.97 Å². The number of thioether (sulfide) groups is 1. The van der Waals surface area contributed by atoms with Gasteiger partial charge in [0.1, 0.15) is 0 Å². The first kappa shape index (κ1) is 10.8. The number of aryl methyl sites for hydroxylation is 1. The molecule has 0 aliphatic heterocycles. The summed E-state index contributed by atoms with van der Waals surface area (Å²) in [7, 11) is 1.62. The van der Waals surface area contributed by atoms with Crippen LogP contribution in [0.4, 0.5) is 0 Å². The third-order valence-electron chi connectivity index (χ3n) is 1.53. The van der Waals surface area contributed by atoms with Crippen molar-refractivity contribution in [3.8, 4) is 0 Å². The standard InChI is InChI=1S/C8H11ClN2OS/c1-5-7(9)6(4-12-2)11-8(10-5)13-3/h4H2,1-3H3. The summed E-state index contributed by atoms with van der Waals surface area (Å²) in [6.07, 6.45) is 1.93. The van der Waals surface area contributed by atoms with Crippen LogP contribution in [0.25, 0.3) is 0 Å². The smallest absolute Gasteiger partial charge is 0.187 e. The van der Waals surface area contributed by atoms with Gasteiger partial charge in [-0.15, -0.1) is 0 Å². The monoisotopic (exact) mass is 218 g/mol. The predicted octanol–water partition coefficient (Wildman–Crippen LogP) is 2.31. The van der Waals surface area contributed by atoms with Gasteiger partial charge in [-0.1, -0.05) is 23.4 Å². The number of aromatic nitrogens is 2. The van der Waals surface area contributed by atoms with E-state index in [1.807, 2.05) is 13.2 Å². The van der Waals surface area contributed by atoms with Crippen LogP contribution < -0.4 is 0 Å². The van der Waals surface area contributed by atoms with Crippen LogP contribution in [0, 0.1) is 6.92 Å². The average molecular weight is 219 g/mol. The molecule has 0 fully saturated rings. The minimum atomic E-state index is 0.426. The van der Waals surface area contributed by atoms with E-state index in [4.69, 9.17) is 16.3 Å². The van der Waals surface area contributed by atoms with Crippen LogP contribution in [0.1, 0.15) is 11.4 Å². The Bertz CT molecular complexity index is 306. The molecule has 0 spiro atoms. The zero-order valence-corrected chi connectivity index (χ0v) is 9.37. The van der Waals surface area contributed by atoms with Crippen molar-refractivity contribution in [3.05, 3.63) is 16.4 Å². The van der Waals surface area contributed by atoms with Crippen molar-refractivity contribution < 1.29 is 4.74 Å². The lowest BCUT2D eigenvalue weighted by Crippen LogP contribution is -2.00. The first-order valence-electron chi connectivity index (χ1n) is 3.75. The summed E-state index contributed by atoms with van der Waals surface area (Å²) in [6.45, 7) is 2.29. The van der Waals surface area contributed by atoms with Crippen LogP contribution in [-0.4, -0.2) is 23.3 Å². The first-order chi connectivity index (χ1) is 6.19. The van der Waals surface area contributed by atoms with Gasteiger partial charge >= 0.3 is 0 Å². The molecule has 13 heavy (non-hydrogen) atoms. The molecule has 0 saturated heterocycles. The number of rotatable bonds is 3. The molecule has 1 heterocycles. The molecule has 0 aliphatic rings. The van der Waals surface area contributed by atoms with Gasteiger partial charge in [0, 0.05) is 7.11 Å². The maximum atomic E-state index is 5.99. The second kappa shape index (κ2) is 4.79. The highest BCUT2D eigenvalue weighted by molar-refractivity contribution is 7.98. The van der Waals surface area contributed by atoms with Gasteiger partial charge in [0.2, 0.25) is 0 Å². The molecule has 0 saturated carbocycles. The lowest BCUT2D eigenvalue weighted by atomic mass is 10.3. The van der Waals surface area contributed by atoms with E-state index in [1.165, 1.54) is 11.8 Å². The highest BCUT2D eigenvalue weighted by Gasteiger charge is 2.08. The van der Waals surface area contributed by atoms with E-state index in [-0.39, 0.29) is 0 Å². The third kappa shape index (κ3) is 2.56. The zero-order chi connectivity index (χ0) is 9.84. The van der Waals surface area contributed by atoms with Gasteiger partial charge in [-0.05, 0) is 13.2 Å². The molecule has 5 heteroatoms. The molecular formula is C8H11ClN2OS. The van der Waals surface area contributed by atoms with E-state index in [9.17, 15) is 0 Å². The van der Waals surface area contributed by atoms with Crippen LogP contribution in [0.5, 0.6) is 0 Å².